The Balaban J connectivity index is 2.41. The fraction of sp³-hybridized carbons (Fsp3) is 0.333. The minimum absolute atomic E-state index is 0.358. The van der Waals surface area contributed by atoms with Crippen LogP contribution in [0.4, 0.5) is 5.82 Å². The van der Waals surface area contributed by atoms with Gasteiger partial charge in [-0.2, -0.15) is 5.10 Å². The van der Waals surface area contributed by atoms with Crippen LogP contribution in [0, 0.1) is 0 Å². The van der Waals surface area contributed by atoms with Crippen molar-refractivity contribution < 1.29 is 4.74 Å². The van der Waals surface area contributed by atoms with E-state index in [1.165, 1.54) is 6.33 Å². The van der Waals surface area contributed by atoms with Crippen molar-refractivity contribution >= 4 is 5.82 Å². The van der Waals surface area contributed by atoms with E-state index in [9.17, 15) is 0 Å². The van der Waals surface area contributed by atoms with Gasteiger partial charge in [-0.05, 0) is 0 Å². The summed E-state index contributed by atoms with van der Waals surface area (Å²) >= 11 is 0. The predicted octanol–water partition coefficient (Wildman–Crippen LogP) is 0.245. The fourth-order valence-corrected chi connectivity index (χ4v) is 1.25. The zero-order valence-electron chi connectivity index (χ0n) is 9.08. The molecule has 0 radical (unpaired) electrons. The maximum atomic E-state index is 5.00. The quantitative estimate of drug-likeness (QED) is 0.795. The van der Waals surface area contributed by atoms with E-state index in [-0.39, 0.29) is 0 Å². The fourth-order valence-electron chi connectivity index (χ4n) is 1.25. The molecule has 0 amide bonds. The highest BCUT2D eigenvalue weighted by atomic mass is 16.5. The third-order valence-electron chi connectivity index (χ3n) is 1.94. The van der Waals surface area contributed by atoms with Gasteiger partial charge in [0.25, 0.3) is 0 Å². The number of nitrogens with one attached hydrogen (secondary N) is 1. The van der Waals surface area contributed by atoms with Gasteiger partial charge in [0.15, 0.2) is 11.6 Å². The number of anilines is 1. The zero-order valence-corrected chi connectivity index (χ0v) is 9.08. The molecule has 7 heteroatoms. The van der Waals surface area contributed by atoms with E-state index >= 15 is 0 Å². The summed E-state index contributed by atoms with van der Waals surface area (Å²) in [6, 6.07) is 1.79. The van der Waals surface area contributed by atoms with Crippen molar-refractivity contribution in [2.45, 2.75) is 6.61 Å². The van der Waals surface area contributed by atoms with E-state index in [1.54, 1.807) is 31.2 Å². The minimum atomic E-state index is 0.358. The van der Waals surface area contributed by atoms with E-state index in [2.05, 4.69) is 25.4 Å². The van der Waals surface area contributed by atoms with Gasteiger partial charge in [0, 0.05) is 20.2 Å². The number of ether oxygens (including phenoxy) is 1. The Hall–Kier alpha value is -2.02. The van der Waals surface area contributed by atoms with Crippen molar-refractivity contribution in [1.29, 1.82) is 0 Å². The van der Waals surface area contributed by atoms with Gasteiger partial charge in [-0.3, -0.25) is 0 Å². The molecule has 0 bridgehead atoms. The van der Waals surface area contributed by atoms with Crippen LogP contribution < -0.4 is 5.32 Å². The molecule has 0 aromatic carbocycles. The smallest absolute Gasteiger partial charge is 0.161 e. The molecule has 0 aliphatic rings. The molecule has 2 aromatic heterocycles. The largest absolute Gasteiger partial charge is 0.377 e. The summed E-state index contributed by atoms with van der Waals surface area (Å²) in [5.41, 5.74) is 0. The lowest BCUT2D eigenvalue weighted by atomic mass is 10.5. The molecule has 2 heterocycles. The Morgan fingerprint density at radius 1 is 1.44 bits per heavy atom. The second-order valence-electron chi connectivity index (χ2n) is 3.05. The number of nitrogens with zero attached hydrogens (tertiary/aromatic N) is 5. The maximum Gasteiger partial charge on any atom is 0.161 e. The number of aromatic nitrogens is 5. The van der Waals surface area contributed by atoms with Gasteiger partial charge in [-0.25, -0.2) is 19.6 Å². The first-order chi connectivity index (χ1) is 7.83. The van der Waals surface area contributed by atoms with Crippen LogP contribution in [-0.2, 0) is 11.3 Å². The second kappa shape index (κ2) is 4.67. The zero-order chi connectivity index (χ0) is 11.4. The Bertz CT molecular complexity index is 455. The minimum Gasteiger partial charge on any atom is -0.377 e. The molecule has 7 nitrogen and oxygen atoms in total. The molecule has 0 saturated heterocycles. The van der Waals surface area contributed by atoms with Gasteiger partial charge in [0.1, 0.15) is 25.1 Å². The van der Waals surface area contributed by atoms with E-state index in [1.807, 2.05) is 0 Å². The molecular weight excluding hydrogens is 208 g/mol. The lowest BCUT2D eigenvalue weighted by molar-refractivity contribution is 0.178. The second-order valence-corrected chi connectivity index (χ2v) is 3.05. The Kier molecular flexibility index (Phi) is 3.06. The topological polar surface area (TPSA) is 77.8 Å². The summed E-state index contributed by atoms with van der Waals surface area (Å²) < 4.78 is 6.57. The van der Waals surface area contributed by atoms with Crippen LogP contribution in [0.3, 0.4) is 0 Å². The molecule has 2 aromatic rings. The summed E-state index contributed by atoms with van der Waals surface area (Å²) in [5, 5.41) is 6.97. The molecule has 1 N–H and O–H groups in total. The van der Waals surface area contributed by atoms with Crippen molar-refractivity contribution in [3.63, 3.8) is 0 Å². The van der Waals surface area contributed by atoms with Gasteiger partial charge in [0.2, 0.25) is 0 Å². The first-order valence-electron chi connectivity index (χ1n) is 4.73. The highest BCUT2D eigenvalue weighted by molar-refractivity contribution is 5.40. The van der Waals surface area contributed by atoms with Crippen molar-refractivity contribution in [3.05, 3.63) is 24.5 Å². The van der Waals surface area contributed by atoms with Gasteiger partial charge < -0.3 is 10.1 Å². The standard InChI is InChI=1S/C9H12N6O/c1-10-7-3-9(15-6-11-5-12-15)14-8(13-7)4-16-2/h3,5-6H,4H2,1-2H3,(H,10,13,14). The Morgan fingerprint density at radius 2 is 2.31 bits per heavy atom. The molecule has 0 aliphatic carbocycles. The number of hydrogen-bond donors (Lipinski definition) is 1. The lowest BCUT2D eigenvalue weighted by Gasteiger charge is -2.06. The van der Waals surface area contributed by atoms with Crippen molar-refractivity contribution in [1.82, 2.24) is 24.7 Å². The van der Waals surface area contributed by atoms with E-state index < -0.39 is 0 Å². The Labute approximate surface area is 92.5 Å². The third kappa shape index (κ3) is 2.14. The van der Waals surface area contributed by atoms with E-state index in [4.69, 9.17) is 4.74 Å². The van der Waals surface area contributed by atoms with Crippen LogP contribution in [-0.4, -0.2) is 38.9 Å². The van der Waals surface area contributed by atoms with Crippen LogP contribution in [0.25, 0.3) is 5.82 Å². The van der Waals surface area contributed by atoms with E-state index in [0.29, 0.717) is 24.1 Å². The molecule has 84 valence electrons. The molecule has 16 heavy (non-hydrogen) atoms. The third-order valence-corrected chi connectivity index (χ3v) is 1.94. The monoisotopic (exact) mass is 220 g/mol. The van der Waals surface area contributed by atoms with Gasteiger partial charge >= 0.3 is 0 Å². The van der Waals surface area contributed by atoms with Crippen molar-refractivity contribution in [3.8, 4) is 5.82 Å². The van der Waals surface area contributed by atoms with Crippen molar-refractivity contribution in [2.24, 2.45) is 0 Å². The summed E-state index contributed by atoms with van der Waals surface area (Å²) in [6.07, 6.45) is 3.04. The average molecular weight is 220 g/mol. The molecule has 0 unspecified atom stereocenters. The van der Waals surface area contributed by atoms with Crippen LogP contribution in [0.2, 0.25) is 0 Å². The predicted molar refractivity (Wildman–Crippen MR) is 57.2 cm³/mol. The highest BCUT2D eigenvalue weighted by Crippen LogP contribution is 2.09. The Morgan fingerprint density at radius 3 is 2.94 bits per heavy atom. The first-order valence-corrected chi connectivity index (χ1v) is 4.73. The number of hydrogen-bond acceptors (Lipinski definition) is 6. The normalized spacial score (nSPS) is 10.4. The van der Waals surface area contributed by atoms with Crippen molar-refractivity contribution in [2.75, 3.05) is 19.5 Å². The first kappa shape index (κ1) is 10.5. The van der Waals surface area contributed by atoms with E-state index in [0.717, 1.165) is 0 Å². The summed E-state index contributed by atoms with van der Waals surface area (Å²) in [4.78, 5) is 12.4. The molecule has 0 spiro atoms. The van der Waals surface area contributed by atoms with Crippen LogP contribution in [0.1, 0.15) is 5.82 Å². The molecule has 0 aliphatic heterocycles. The molecule has 2 rings (SSSR count). The highest BCUT2D eigenvalue weighted by Gasteiger charge is 2.05. The van der Waals surface area contributed by atoms with Crippen LogP contribution in [0.15, 0.2) is 18.7 Å². The summed E-state index contributed by atoms with van der Waals surface area (Å²) in [6.45, 7) is 0.358. The molecular formula is C9H12N6O. The average Bonchev–Trinajstić information content (AvgIpc) is 2.82. The summed E-state index contributed by atoms with van der Waals surface area (Å²) in [5.74, 6) is 1.97. The van der Waals surface area contributed by atoms with Gasteiger partial charge in [-0.1, -0.05) is 0 Å². The van der Waals surface area contributed by atoms with Gasteiger partial charge in [-0.15, -0.1) is 0 Å². The maximum absolute atomic E-state index is 5.00. The molecule has 0 fully saturated rings. The number of methoxy groups -OCH3 is 1. The van der Waals surface area contributed by atoms with Crippen LogP contribution in [0.5, 0.6) is 0 Å². The summed E-state index contributed by atoms with van der Waals surface area (Å²) in [7, 11) is 3.40. The molecule has 0 saturated carbocycles. The lowest BCUT2D eigenvalue weighted by Crippen LogP contribution is -2.07. The van der Waals surface area contributed by atoms with Gasteiger partial charge in [0.05, 0.1) is 0 Å². The molecule has 0 atom stereocenters. The SMILES string of the molecule is CNc1cc(-n2cncn2)nc(COC)n1. The van der Waals surface area contributed by atoms with Crippen LogP contribution >= 0.6 is 0 Å². The number of rotatable bonds is 4.